The van der Waals surface area contributed by atoms with Gasteiger partial charge in [-0.1, -0.05) is 24.3 Å². The van der Waals surface area contributed by atoms with Crippen LogP contribution < -0.4 is 10.1 Å². The normalized spacial score (nSPS) is 17.1. The Balaban J connectivity index is 1.38. The largest absolute Gasteiger partial charge is 0.487 e. The predicted octanol–water partition coefficient (Wildman–Crippen LogP) is 4.71. The van der Waals surface area contributed by atoms with E-state index in [9.17, 15) is 4.79 Å². The van der Waals surface area contributed by atoms with Crippen LogP contribution in [0.2, 0.25) is 0 Å². The molecule has 0 atom stereocenters. The van der Waals surface area contributed by atoms with Gasteiger partial charge in [0.15, 0.2) is 0 Å². The van der Waals surface area contributed by atoms with Crippen LogP contribution in [0.15, 0.2) is 48.7 Å². The molecule has 154 valence electrons. The Kier molecular flexibility index (Phi) is 4.61. The van der Waals surface area contributed by atoms with E-state index in [-0.39, 0.29) is 11.6 Å². The van der Waals surface area contributed by atoms with Crippen LogP contribution in [0.25, 0.3) is 22.0 Å². The monoisotopic (exact) mass is 401 g/mol. The van der Waals surface area contributed by atoms with E-state index in [1.54, 1.807) is 0 Å². The fourth-order valence-corrected chi connectivity index (χ4v) is 4.86. The lowest BCUT2D eigenvalue weighted by molar-refractivity contribution is 0.0303. The molecule has 2 aromatic carbocycles. The zero-order valence-electron chi connectivity index (χ0n) is 17.6. The smallest absolute Gasteiger partial charge is 0.317 e. The molecule has 3 aromatic rings. The van der Waals surface area contributed by atoms with Crippen molar-refractivity contribution >= 4 is 16.9 Å². The first-order valence-electron chi connectivity index (χ1n) is 10.8. The number of carbonyl (C=O) groups is 1. The molecule has 5 rings (SSSR count). The number of nitrogens with zero attached hydrogens (tertiary/aromatic N) is 2. The third-order valence-electron chi connectivity index (χ3n) is 6.53. The van der Waals surface area contributed by atoms with Crippen molar-refractivity contribution in [3.63, 3.8) is 0 Å². The highest BCUT2D eigenvalue weighted by Crippen LogP contribution is 2.43. The van der Waals surface area contributed by atoms with Crippen LogP contribution in [0, 0.1) is 6.92 Å². The molecule has 1 spiro atoms. The summed E-state index contributed by atoms with van der Waals surface area (Å²) in [5.74, 6) is 0.988. The zero-order chi connectivity index (χ0) is 20.7. The van der Waals surface area contributed by atoms with E-state index in [4.69, 9.17) is 4.74 Å². The number of aryl methyl sites for hydroxylation is 1. The van der Waals surface area contributed by atoms with Crippen molar-refractivity contribution in [1.82, 2.24) is 15.2 Å². The number of nitrogens with one attached hydrogen (secondary N) is 1. The molecule has 3 heterocycles. The molecule has 1 fully saturated rings. The van der Waals surface area contributed by atoms with Crippen LogP contribution in [0.1, 0.15) is 30.9 Å². The fraction of sp³-hybridized carbons (Fsp3) is 0.360. The van der Waals surface area contributed by atoms with Crippen molar-refractivity contribution in [2.24, 2.45) is 0 Å². The SMILES string of the molecule is CCNC(=O)N1CCC2(CC1)Cc1cc(-c3ccc4cccnc4c3C)ccc1O2. The van der Waals surface area contributed by atoms with Crippen molar-refractivity contribution in [1.29, 1.82) is 0 Å². The maximum Gasteiger partial charge on any atom is 0.317 e. The summed E-state index contributed by atoms with van der Waals surface area (Å²) in [6.45, 7) is 6.23. The zero-order valence-corrected chi connectivity index (χ0v) is 17.6. The number of ether oxygens (including phenoxy) is 1. The molecule has 1 aromatic heterocycles. The summed E-state index contributed by atoms with van der Waals surface area (Å²) in [5, 5.41) is 4.06. The minimum Gasteiger partial charge on any atom is -0.487 e. The number of fused-ring (bicyclic) bond motifs is 2. The second-order valence-electron chi connectivity index (χ2n) is 8.42. The molecule has 2 aliphatic heterocycles. The van der Waals surface area contributed by atoms with Gasteiger partial charge in [-0.2, -0.15) is 0 Å². The highest BCUT2D eigenvalue weighted by molar-refractivity contribution is 5.88. The summed E-state index contributed by atoms with van der Waals surface area (Å²) < 4.78 is 6.44. The molecule has 0 radical (unpaired) electrons. The Morgan fingerprint density at radius 2 is 2.03 bits per heavy atom. The highest BCUT2D eigenvalue weighted by Gasteiger charge is 2.42. The van der Waals surface area contributed by atoms with E-state index in [1.165, 1.54) is 27.6 Å². The number of rotatable bonds is 2. The van der Waals surface area contributed by atoms with E-state index in [0.29, 0.717) is 6.54 Å². The molecule has 5 nitrogen and oxygen atoms in total. The molecule has 5 heteroatoms. The summed E-state index contributed by atoms with van der Waals surface area (Å²) in [7, 11) is 0. The Labute approximate surface area is 177 Å². The molecule has 2 aliphatic rings. The van der Waals surface area contributed by atoms with E-state index in [0.717, 1.165) is 43.6 Å². The summed E-state index contributed by atoms with van der Waals surface area (Å²) in [4.78, 5) is 18.6. The number of piperidine rings is 1. The predicted molar refractivity (Wildman–Crippen MR) is 119 cm³/mol. The van der Waals surface area contributed by atoms with Crippen LogP contribution in [0.5, 0.6) is 5.75 Å². The maximum atomic E-state index is 12.1. The van der Waals surface area contributed by atoms with Gasteiger partial charge in [0.1, 0.15) is 11.4 Å². The van der Waals surface area contributed by atoms with Gasteiger partial charge in [-0.25, -0.2) is 4.79 Å². The number of hydrogen-bond donors (Lipinski definition) is 1. The van der Waals surface area contributed by atoms with Crippen LogP contribution >= 0.6 is 0 Å². The van der Waals surface area contributed by atoms with Crippen LogP contribution in [-0.2, 0) is 6.42 Å². The van der Waals surface area contributed by atoms with Crippen molar-refractivity contribution in [2.45, 2.75) is 38.7 Å². The van der Waals surface area contributed by atoms with Crippen LogP contribution in [0.4, 0.5) is 4.79 Å². The molecule has 0 aliphatic carbocycles. The second kappa shape index (κ2) is 7.31. The van der Waals surface area contributed by atoms with Crippen molar-refractivity contribution in [3.05, 3.63) is 59.8 Å². The number of amides is 2. The van der Waals surface area contributed by atoms with Gasteiger partial charge in [0.25, 0.3) is 0 Å². The minimum atomic E-state index is -0.177. The first-order chi connectivity index (χ1) is 14.6. The molecule has 30 heavy (non-hydrogen) atoms. The first kappa shape index (κ1) is 18.9. The molecular formula is C25H27N3O2. The van der Waals surface area contributed by atoms with Crippen molar-refractivity contribution in [3.8, 4) is 16.9 Å². The number of carbonyl (C=O) groups excluding carboxylic acids is 1. The fourth-order valence-electron chi connectivity index (χ4n) is 4.86. The van der Waals surface area contributed by atoms with Gasteiger partial charge in [-0.05, 0) is 54.3 Å². The standard InChI is InChI=1S/C25H27N3O2/c1-3-26-24(29)28-13-10-25(11-14-28)16-20-15-19(7-9-22(20)30-25)21-8-6-18-5-4-12-27-23(18)17(21)2/h4-9,12,15H,3,10-11,13-14,16H2,1-2H3,(H,26,29). The molecule has 0 unspecified atom stereocenters. The molecular weight excluding hydrogens is 374 g/mol. The van der Waals surface area contributed by atoms with Gasteiger partial charge in [0.2, 0.25) is 0 Å². The van der Waals surface area contributed by atoms with Crippen LogP contribution in [-0.4, -0.2) is 41.2 Å². The summed E-state index contributed by atoms with van der Waals surface area (Å²) in [6, 6.07) is 15.0. The minimum absolute atomic E-state index is 0.0329. The Morgan fingerprint density at radius 3 is 2.83 bits per heavy atom. The average Bonchev–Trinajstić information content (AvgIpc) is 3.11. The molecule has 1 N–H and O–H groups in total. The average molecular weight is 402 g/mol. The number of likely N-dealkylation sites (tertiary alicyclic amines) is 1. The summed E-state index contributed by atoms with van der Waals surface area (Å²) in [5.41, 5.74) is 5.77. The first-order valence-corrected chi connectivity index (χ1v) is 10.8. The summed E-state index contributed by atoms with van der Waals surface area (Å²) in [6.07, 6.45) is 4.50. The maximum absolute atomic E-state index is 12.1. The lowest BCUT2D eigenvalue weighted by Gasteiger charge is -2.38. The van der Waals surface area contributed by atoms with Crippen LogP contribution in [0.3, 0.4) is 0 Å². The number of hydrogen-bond acceptors (Lipinski definition) is 3. The Morgan fingerprint density at radius 1 is 1.20 bits per heavy atom. The van der Waals surface area contributed by atoms with Gasteiger partial charge in [0.05, 0.1) is 5.52 Å². The molecule has 1 saturated heterocycles. The number of urea groups is 1. The molecule has 2 amide bonds. The quantitative estimate of drug-likeness (QED) is 0.677. The summed E-state index contributed by atoms with van der Waals surface area (Å²) >= 11 is 0. The Bertz CT molecular complexity index is 1120. The van der Waals surface area contributed by atoms with Gasteiger partial charge in [-0.15, -0.1) is 0 Å². The number of aromatic nitrogens is 1. The van der Waals surface area contributed by atoms with E-state index in [1.807, 2.05) is 24.1 Å². The van der Waals surface area contributed by atoms with Crippen molar-refractivity contribution < 1.29 is 9.53 Å². The van der Waals surface area contributed by atoms with Crippen molar-refractivity contribution in [2.75, 3.05) is 19.6 Å². The third kappa shape index (κ3) is 3.18. The van der Waals surface area contributed by atoms with E-state index < -0.39 is 0 Å². The highest BCUT2D eigenvalue weighted by atomic mass is 16.5. The van der Waals surface area contributed by atoms with Gasteiger partial charge in [-0.3, -0.25) is 4.98 Å². The molecule has 0 saturated carbocycles. The lowest BCUT2D eigenvalue weighted by Crippen LogP contribution is -2.51. The number of benzene rings is 2. The topological polar surface area (TPSA) is 54.5 Å². The molecule has 0 bridgehead atoms. The van der Waals surface area contributed by atoms with Gasteiger partial charge >= 0.3 is 6.03 Å². The van der Waals surface area contributed by atoms with Gasteiger partial charge < -0.3 is 15.0 Å². The second-order valence-corrected chi connectivity index (χ2v) is 8.42. The van der Waals surface area contributed by atoms with Gasteiger partial charge in [0, 0.05) is 50.5 Å². The Hall–Kier alpha value is -3.08. The number of pyridine rings is 1. The third-order valence-corrected chi connectivity index (χ3v) is 6.53. The van der Waals surface area contributed by atoms with E-state index in [2.05, 4.69) is 53.6 Å². The van der Waals surface area contributed by atoms with E-state index >= 15 is 0 Å². The lowest BCUT2D eigenvalue weighted by atomic mass is 9.86.